The maximum Gasteiger partial charge on any atom is 0.210 e. The van der Waals surface area contributed by atoms with Crippen LogP contribution in [0.1, 0.15) is 22.4 Å². The molecular formula is C21H20N6O. The second kappa shape index (κ2) is 6.60. The zero-order valence-electron chi connectivity index (χ0n) is 15.8. The Balaban J connectivity index is 1.51. The summed E-state index contributed by atoms with van der Waals surface area (Å²) >= 11 is 0. The van der Waals surface area contributed by atoms with Crippen LogP contribution in [0.5, 0.6) is 5.75 Å². The Morgan fingerprint density at radius 3 is 2.96 bits per heavy atom. The fraction of sp³-hybridized carbons (Fsp3) is 0.238. The van der Waals surface area contributed by atoms with Gasteiger partial charge < -0.3 is 10.1 Å². The van der Waals surface area contributed by atoms with Gasteiger partial charge in [0, 0.05) is 47.7 Å². The van der Waals surface area contributed by atoms with E-state index < -0.39 is 0 Å². The first-order valence-electron chi connectivity index (χ1n) is 9.31. The Kier molecular flexibility index (Phi) is 3.93. The van der Waals surface area contributed by atoms with Gasteiger partial charge in [0.15, 0.2) is 5.65 Å². The van der Waals surface area contributed by atoms with Crippen molar-refractivity contribution in [2.75, 3.05) is 11.9 Å². The summed E-state index contributed by atoms with van der Waals surface area (Å²) in [4.78, 5) is 9.02. The third-order valence-electron chi connectivity index (χ3n) is 5.29. The molecule has 0 saturated carbocycles. The number of nitrogens with one attached hydrogen (secondary N) is 1. The van der Waals surface area contributed by atoms with Crippen molar-refractivity contribution in [1.82, 2.24) is 24.6 Å². The summed E-state index contributed by atoms with van der Waals surface area (Å²) in [5.41, 5.74) is 7.42. The largest absolute Gasteiger partial charge is 0.493 e. The third kappa shape index (κ3) is 2.67. The highest BCUT2D eigenvalue weighted by Crippen LogP contribution is 2.31. The van der Waals surface area contributed by atoms with Crippen molar-refractivity contribution in [3.05, 3.63) is 65.4 Å². The van der Waals surface area contributed by atoms with Crippen LogP contribution in [0, 0.1) is 13.8 Å². The van der Waals surface area contributed by atoms with Crippen LogP contribution in [-0.4, -0.2) is 31.2 Å². The van der Waals surface area contributed by atoms with Crippen LogP contribution in [-0.2, 0) is 13.0 Å². The molecule has 0 atom stereocenters. The topological polar surface area (TPSA) is 77.2 Å². The van der Waals surface area contributed by atoms with E-state index in [0.717, 1.165) is 41.2 Å². The summed E-state index contributed by atoms with van der Waals surface area (Å²) in [6, 6.07) is 8.11. The van der Waals surface area contributed by atoms with Gasteiger partial charge in [0.2, 0.25) is 5.95 Å². The van der Waals surface area contributed by atoms with Crippen LogP contribution in [0.4, 0.5) is 5.95 Å². The summed E-state index contributed by atoms with van der Waals surface area (Å²) < 4.78 is 7.59. The molecule has 1 aliphatic heterocycles. The molecule has 140 valence electrons. The molecule has 0 spiro atoms. The molecule has 7 nitrogen and oxygen atoms in total. The number of hydrogen-bond donors (Lipinski definition) is 1. The number of aryl methyl sites for hydroxylation is 2. The van der Waals surface area contributed by atoms with E-state index in [4.69, 9.17) is 4.74 Å². The predicted molar refractivity (Wildman–Crippen MR) is 106 cm³/mol. The number of aromatic nitrogens is 5. The summed E-state index contributed by atoms with van der Waals surface area (Å²) in [5.74, 6) is 1.70. The molecule has 3 aromatic heterocycles. The lowest BCUT2D eigenvalue weighted by Gasteiger charge is -2.14. The maximum atomic E-state index is 5.71. The first-order chi connectivity index (χ1) is 13.7. The first-order valence-corrected chi connectivity index (χ1v) is 9.31. The lowest BCUT2D eigenvalue weighted by molar-refractivity contribution is 0.357. The van der Waals surface area contributed by atoms with Crippen LogP contribution in [0.2, 0.25) is 0 Å². The van der Waals surface area contributed by atoms with E-state index in [1.165, 1.54) is 16.7 Å². The van der Waals surface area contributed by atoms with Gasteiger partial charge in [-0.05, 0) is 37.1 Å². The monoisotopic (exact) mass is 372 g/mol. The number of hydrogen-bond acceptors (Lipinski definition) is 6. The average Bonchev–Trinajstić information content (AvgIpc) is 3.37. The highest BCUT2D eigenvalue weighted by molar-refractivity contribution is 5.78. The van der Waals surface area contributed by atoms with Crippen molar-refractivity contribution in [1.29, 1.82) is 0 Å². The molecule has 4 heterocycles. The molecule has 5 rings (SSSR count). The number of pyridine rings is 1. The molecule has 0 fully saturated rings. The molecule has 0 bridgehead atoms. The van der Waals surface area contributed by atoms with Crippen LogP contribution >= 0.6 is 0 Å². The van der Waals surface area contributed by atoms with Crippen molar-refractivity contribution in [3.8, 4) is 16.9 Å². The van der Waals surface area contributed by atoms with Crippen molar-refractivity contribution in [2.24, 2.45) is 0 Å². The standard InChI is InChI=1S/C21H20N6O/c1-13-5-6-19-16(7-9-28-19)17(13)10-23-21-24-11-18(20-26-25-12-27(20)21)15-4-3-8-22-14(15)2/h3-6,8,11-12H,7,9-10H2,1-2H3,(H,23,24). The van der Waals surface area contributed by atoms with Crippen LogP contribution in [0.15, 0.2) is 43.0 Å². The molecule has 0 radical (unpaired) electrons. The van der Waals surface area contributed by atoms with Gasteiger partial charge in [0.25, 0.3) is 0 Å². The molecule has 1 aromatic carbocycles. The minimum atomic E-state index is 0.671. The van der Waals surface area contributed by atoms with E-state index >= 15 is 0 Å². The molecule has 0 aliphatic carbocycles. The molecule has 4 aromatic rings. The van der Waals surface area contributed by atoms with E-state index in [-0.39, 0.29) is 0 Å². The Labute approximate surface area is 162 Å². The number of nitrogens with zero attached hydrogens (tertiary/aromatic N) is 5. The van der Waals surface area contributed by atoms with E-state index in [1.54, 1.807) is 12.5 Å². The molecule has 1 N–H and O–H groups in total. The van der Waals surface area contributed by atoms with Crippen molar-refractivity contribution in [3.63, 3.8) is 0 Å². The quantitative estimate of drug-likeness (QED) is 0.592. The van der Waals surface area contributed by atoms with E-state index in [9.17, 15) is 0 Å². The minimum absolute atomic E-state index is 0.671. The predicted octanol–water partition coefficient (Wildman–Crippen LogP) is 3.35. The van der Waals surface area contributed by atoms with Crippen molar-refractivity contribution < 1.29 is 4.74 Å². The van der Waals surface area contributed by atoms with Gasteiger partial charge in [-0.15, -0.1) is 10.2 Å². The Morgan fingerprint density at radius 2 is 2.07 bits per heavy atom. The first kappa shape index (κ1) is 16.7. The number of ether oxygens (including phenoxy) is 1. The summed E-state index contributed by atoms with van der Waals surface area (Å²) in [6.07, 6.45) is 6.25. The number of benzene rings is 1. The van der Waals surface area contributed by atoms with E-state index in [1.807, 2.05) is 29.7 Å². The molecule has 1 aliphatic rings. The van der Waals surface area contributed by atoms with Gasteiger partial charge in [-0.1, -0.05) is 12.1 Å². The zero-order valence-corrected chi connectivity index (χ0v) is 15.8. The minimum Gasteiger partial charge on any atom is -0.493 e. The summed E-state index contributed by atoms with van der Waals surface area (Å²) in [6.45, 7) is 5.53. The average molecular weight is 372 g/mol. The number of rotatable bonds is 4. The van der Waals surface area contributed by atoms with E-state index in [0.29, 0.717) is 12.5 Å². The molecule has 7 heteroatoms. The molecular weight excluding hydrogens is 352 g/mol. The molecule has 28 heavy (non-hydrogen) atoms. The fourth-order valence-electron chi connectivity index (χ4n) is 3.78. The lowest BCUT2D eigenvalue weighted by atomic mass is 10.00. The number of anilines is 1. The Morgan fingerprint density at radius 1 is 1.14 bits per heavy atom. The smallest absolute Gasteiger partial charge is 0.210 e. The van der Waals surface area contributed by atoms with Crippen LogP contribution < -0.4 is 10.1 Å². The third-order valence-corrected chi connectivity index (χ3v) is 5.29. The normalized spacial score (nSPS) is 12.8. The fourth-order valence-corrected chi connectivity index (χ4v) is 3.78. The lowest BCUT2D eigenvalue weighted by Crippen LogP contribution is -2.09. The van der Waals surface area contributed by atoms with Crippen LogP contribution in [0.25, 0.3) is 16.8 Å². The highest BCUT2D eigenvalue weighted by Gasteiger charge is 2.18. The maximum absolute atomic E-state index is 5.71. The molecule has 0 saturated heterocycles. The second-order valence-corrected chi connectivity index (χ2v) is 6.95. The van der Waals surface area contributed by atoms with Crippen molar-refractivity contribution >= 4 is 11.6 Å². The van der Waals surface area contributed by atoms with Crippen LogP contribution in [0.3, 0.4) is 0 Å². The summed E-state index contributed by atoms with van der Waals surface area (Å²) in [5, 5.41) is 11.9. The highest BCUT2D eigenvalue weighted by atomic mass is 16.5. The van der Waals surface area contributed by atoms with Gasteiger partial charge in [0.05, 0.1) is 6.61 Å². The van der Waals surface area contributed by atoms with Gasteiger partial charge in [-0.25, -0.2) is 4.98 Å². The Hall–Kier alpha value is -3.48. The van der Waals surface area contributed by atoms with Gasteiger partial charge in [0.1, 0.15) is 12.1 Å². The SMILES string of the molecule is Cc1ccc2c(c1CNc1ncc(-c3cccnc3C)c3nncn13)CCO2. The molecule has 0 unspecified atom stereocenters. The second-order valence-electron chi connectivity index (χ2n) is 6.95. The Bertz CT molecular complexity index is 1180. The number of fused-ring (bicyclic) bond motifs is 2. The van der Waals surface area contributed by atoms with Crippen molar-refractivity contribution in [2.45, 2.75) is 26.8 Å². The van der Waals surface area contributed by atoms with Gasteiger partial charge in [-0.3, -0.25) is 9.38 Å². The zero-order chi connectivity index (χ0) is 19.1. The van der Waals surface area contributed by atoms with E-state index in [2.05, 4.69) is 44.5 Å². The van der Waals surface area contributed by atoms with Gasteiger partial charge >= 0.3 is 0 Å². The summed E-state index contributed by atoms with van der Waals surface area (Å²) in [7, 11) is 0. The van der Waals surface area contributed by atoms with Gasteiger partial charge in [-0.2, -0.15) is 0 Å². The molecule has 0 amide bonds.